The lowest BCUT2D eigenvalue weighted by Crippen LogP contribution is -2.47. The van der Waals surface area contributed by atoms with E-state index in [1.807, 2.05) is 31.5 Å². The number of ether oxygens (including phenoxy) is 1. The fourth-order valence-corrected chi connectivity index (χ4v) is 5.62. The number of carbonyl (C=O) groups is 1. The van der Waals surface area contributed by atoms with E-state index in [0.29, 0.717) is 19.0 Å². The molecule has 2 fully saturated rings. The Labute approximate surface area is 219 Å². The van der Waals surface area contributed by atoms with E-state index in [2.05, 4.69) is 32.9 Å². The molecule has 1 unspecified atom stereocenters. The van der Waals surface area contributed by atoms with Gasteiger partial charge in [0.1, 0.15) is 35.1 Å². The second-order valence-electron chi connectivity index (χ2n) is 10.5. The molecule has 196 valence electrons. The third kappa shape index (κ3) is 3.56. The molecule has 2 aliphatic heterocycles. The number of nitrogens with one attached hydrogen (secondary N) is 3. The van der Waals surface area contributed by atoms with E-state index < -0.39 is 0 Å². The van der Waals surface area contributed by atoms with Gasteiger partial charge in [-0.05, 0) is 45.7 Å². The minimum Gasteiger partial charge on any atom is -0.496 e. The Morgan fingerprint density at radius 2 is 2.00 bits per heavy atom. The van der Waals surface area contributed by atoms with Gasteiger partial charge in [0.05, 0.1) is 35.7 Å². The SMILES string of the molecule is COc1cc2c3c([nH]c2cc1-c1c(C)noc1C)NC(C)N=C3Nc1cc(C2CC2)nn1C1CN(C=O)C1. The molecule has 0 spiro atoms. The number of benzene rings is 1. The average molecular weight is 515 g/mol. The number of anilines is 2. The number of methoxy groups -OCH3 is 1. The quantitative estimate of drug-likeness (QED) is 0.330. The lowest BCUT2D eigenvalue weighted by Gasteiger charge is -2.37. The van der Waals surface area contributed by atoms with E-state index >= 15 is 0 Å². The fraction of sp³-hybridized carbons (Fsp3) is 0.407. The normalized spacial score (nSPS) is 19.1. The standard InChI is InChI=1S/C27H30N8O3/c1-13-24(14(2)38-33-13)19-7-21-18(8-22(19)37-4)25-26(30-21)28-15(3)29-27(25)31-23-9-20(16-5-6-16)32-35(23)17-10-34(11-17)12-36/h7-9,12,15-17,28,30H,5-6,10-11H2,1-4H3,(H,29,31). The second-order valence-corrected chi connectivity index (χ2v) is 10.5. The van der Waals surface area contributed by atoms with Crippen molar-refractivity contribution >= 4 is 34.8 Å². The number of aromatic nitrogens is 4. The average Bonchev–Trinajstić information content (AvgIpc) is 3.43. The van der Waals surface area contributed by atoms with Gasteiger partial charge in [-0.25, -0.2) is 9.67 Å². The number of rotatable bonds is 6. The number of nitrogens with zero attached hydrogens (tertiary/aromatic N) is 5. The molecule has 0 bridgehead atoms. The van der Waals surface area contributed by atoms with Crippen LogP contribution in [0.25, 0.3) is 22.0 Å². The van der Waals surface area contributed by atoms with Gasteiger partial charge in [-0.3, -0.25) is 4.79 Å². The van der Waals surface area contributed by atoms with Crippen LogP contribution in [0.15, 0.2) is 27.7 Å². The van der Waals surface area contributed by atoms with E-state index in [4.69, 9.17) is 19.4 Å². The number of fused-ring (bicyclic) bond motifs is 3. The highest BCUT2D eigenvalue weighted by Crippen LogP contribution is 2.43. The van der Waals surface area contributed by atoms with Crippen LogP contribution in [0.3, 0.4) is 0 Å². The minimum atomic E-state index is -0.129. The van der Waals surface area contributed by atoms with E-state index in [1.165, 1.54) is 12.8 Å². The Morgan fingerprint density at radius 1 is 1.18 bits per heavy atom. The molecule has 1 saturated carbocycles. The monoisotopic (exact) mass is 514 g/mol. The maximum Gasteiger partial charge on any atom is 0.209 e. The molecule has 11 nitrogen and oxygen atoms in total. The zero-order valence-electron chi connectivity index (χ0n) is 21.8. The number of aryl methyl sites for hydroxylation is 2. The first kappa shape index (κ1) is 22.9. The van der Waals surface area contributed by atoms with Crippen LogP contribution in [-0.4, -0.2) is 63.4 Å². The zero-order chi connectivity index (χ0) is 26.1. The summed E-state index contributed by atoms with van der Waals surface area (Å²) < 4.78 is 13.3. The summed E-state index contributed by atoms with van der Waals surface area (Å²) in [6, 6.07) is 6.42. The maximum atomic E-state index is 11.2. The molecule has 3 aromatic heterocycles. The second kappa shape index (κ2) is 8.37. The largest absolute Gasteiger partial charge is 0.496 e. The van der Waals surface area contributed by atoms with Crippen LogP contribution in [-0.2, 0) is 4.79 Å². The van der Waals surface area contributed by atoms with E-state index in [0.717, 1.165) is 74.4 Å². The molecule has 38 heavy (non-hydrogen) atoms. The maximum absolute atomic E-state index is 11.2. The number of amidine groups is 1. The van der Waals surface area contributed by atoms with Crippen molar-refractivity contribution in [1.82, 2.24) is 24.8 Å². The van der Waals surface area contributed by atoms with Crippen molar-refractivity contribution in [3.8, 4) is 16.9 Å². The van der Waals surface area contributed by atoms with Crippen LogP contribution < -0.4 is 15.4 Å². The highest BCUT2D eigenvalue weighted by Gasteiger charge is 2.34. The summed E-state index contributed by atoms with van der Waals surface area (Å²) in [5.74, 6) is 4.55. The highest BCUT2D eigenvalue weighted by atomic mass is 16.5. The number of hydrogen-bond donors (Lipinski definition) is 3. The molecule has 3 N–H and O–H groups in total. The van der Waals surface area contributed by atoms with Gasteiger partial charge >= 0.3 is 0 Å². The zero-order valence-corrected chi connectivity index (χ0v) is 21.8. The third-order valence-corrected chi connectivity index (χ3v) is 7.72. The van der Waals surface area contributed by atoms with E-state index in [9.17, 15) is 4.79 Å². The molecule has 5 heterocycles. The van der Waals surface area contributed by atoms with Gasteiger partial charge in [0.2, 0.25) is 6.41 Å². The predicted molar refractivity (Wildman–Crippen MR) is 144 cm³/mol. The molecule has 0 radical (unpaired) electrons. The molecule has 7 rings (SSSR count). The van der Waals surface area contributed by atoms with Gasteiger partial charge in [0.15, 0.2) is 0 Å². The van der Waals surface area contributed by atoms with Crippen molar-refractivity contribution < 1.29 is 14.1 Å². The van der Waals surface area contributed by atoms with Crippen LogP contribution >= 0.6 is 0 Å². The highest BCUT2D eigenvalue weighted by molar-refractivity contribution is 6.20. The van der Waals surface area contributed by atoms with Gasteiger partial charge < -0.3 is 29.8 Å². The topological polar surface area (TPSA) is 126 Å². The van der Waals surface area contributed by atoms with Gasteiger partial charge in [-0.2, -0.15) is 5.10 Å². The molecule has 3 aliphatic rings. The minimum absolute atomic E-state index is 0.129. The van der Waals surface area contributed by atoms with Gasteiger partial charge in [0, 0.05) is 41.5 Å². The van der Waals surface area contributed by atoms with Gasteiger partial charge in [-0.1, -0.05) is 5.16 Å². The third-order valence-electron chi connectivity index (χ3n) is 7.72. The van der Waals surface area contributed by atoms with Crippen LogP contribution in [0.5, 0.6) is 5.75 Å². The molecule has 1 saturated heterocycles. The number of likely N-dealkylation sites (tertiary alicyclic amines) is 1. The Hall–Kier alpha value is -4.28. The molecule has 4 aromatic rings. The van der Waals surface area contributed by atoms with Crippen molar-refractivity contribution in [1.29, 1.82) is 0 Å². The summed E-state index contributed by atoms with van der Waals surface area (Å²) in [5, 5.41) is 17.1. The Kier molecular flexibility index (Phi) is 5.04. The van der Waals surface area contributed by atoms with Crippen molar-refractivity contribution in [2.24, 2.45) is 4.99 Å². The van der Waals surface area contributed by atoms with Crippen LogP contribution in [0.1, 0.15) is 54.4 Å². The first-order valence-corrected chi connectivity index (χ1v) is 13.0. The lowest BCUT2D eigenvalue weighted by atomic mass is 10.00. The van der Waals surface area contributed by atoms with Crippen LogP contribution in [0.4, 0.5) is 11.6 Å². The van der Waals surface area contributed by atoms with Crippen molar-refractivity contribution in [3.63, 3.8) is 0 Å². The summed E-state index contributed by atoms with van der Waals surface area (Å²) in [5.41, 5.74) is 5.68. The molecule has 1 atom stereocenters. The number of H-pyrrole nitrogens is 1. The smallest absolute Gasteiger partial charge is 0.209 e. The molecular weight excluding hydrogens is 484 g/mol. The summed E-state index contributed by atoms with van der Waals surface area (Å²) in [4.78, 5) is 21.4. The molecule has 1 aromatic carbocycles. The van der Waals surface area contributed by atoms with Crippen molar-refractivity contribution in [2.45, 2.75) is 51.7 Å². The summed E-state index contributed by atoms with van der Waals surface area (Å²) in [6.45, 7) is 7.18. The van der Waals surface area contributed by atoms with Gasteiger partial charge in [-0.15, -0.1) is 0 Å². The first-order valence-electron chi connectivity index (χ1n) is 13.0. The summed E-state index contributed by atoms with van der Waals surface area (Å²) in [6.07, 6.45) is 3.11. The molecule has 1 aliphatic carbocycles. The lowest BCUT2D eigenvalue weighted by molar-refractivity contribution is -0.123. The predicted octanol–water partition coefficient (Wildman–Crippen LogP) is 4.17. The number of hydrogen-bond acceptors (Lipinski definition) is 8. The van der Waals surface area contributed by atoms with Crippen LogP contribution in [0.2, 0.25) is 0 Å². The molecular formula is C27H30N8O3. The molecule has 1 amide bonds. The number of aliphatic imine (C=N–C) groups is 1. The Morgan fingerprint density at radius 3 is 2.68 bits per heavy atom. The van der Waals surface area contributed by atoms with E-state index in [1.54, 1.807) is 12.0 Å². The van der Waals surface area contributed by atoms with Crippen molar-refractivity contribution in [2.75, 3.05) is 30.8 Å². The number of aromatic amines is 1. The number of amides is 1. The summed E-state index contributed by atoms with van der Waals surface area (Å²) in [7, 11) is 1.68. The van der Waals surface area contributed by atoms with Gasteiger partial charge in [0.25, 0.3) is 0 Å². The Bertz CT molecular complexity index is 1580. The Balaban J connectivity index is 1.31. The fourth-order valence-electron chi connectivity index (χ4n) is 5.62. The number of carbonyl (C=O) groups excluding carboxylic acids is 1. The van der Waals surface area contributed by atoms with E-state index in [-0.39, 0.29) is 12.2 Å². The van der Waals surface area contributed by atoms with Crippen LogP contribution in [0, 0.1) is 13.8 Å². The first-order chi connectivity index (χ1) is 18.4. The summed E-state index contributed by atoms with van der Waals surface area (Å²) >= 11 is 0. The molecule has 11 heteroatoms. The van der Waals surface area contributed by atoms with Crippen molar-refractivity contribution in [3.05, 3.63) is 40.9 Å².